The lowest BCUT2D eigenvalue weighted by Crippen LogP contribution is -2.34. The Bertz CT molecular complexity index is 904. The highest BCUT2D eigenvalue weighted by Gasteiger charge is 2.27. The third-order valence-electron chi connectivity index (χ3n) is 5.26. The standard InChI is InChI=1S/C27H44N3O9P/c1-21(2)30(22(3)4)40(38-13-8-11-28)39-20-19-37-18-17-36-16-15-35-14-12-29-24-10-7-9-23(26(31)33-5)25(24)27(32)34-6/h7,9-10,21-22,29H,8,12-20H2,1-6H3. The first-order chi connectivity index (χ1) is 19.3. The van der Waals surface area contributed by atoms with Gasteiger partial charge in [-0.2, -0.15) is 5.26 Å². The summed E-state index contributed by atoms with van der Waals surface area (Å²) in [5, 5.41) is 11.9. The van der Waals surface area contributed by atoms with Crippen LogP contribution in [-0.2, 0) is 32.7 Å². The van der Waals surface area contributed by atoms with Gasteiger partial charge in [0.05, 0.1) is 90.7 Å². The van der Waals surface area contributed by atoms with Crippen LogP contribution in [0.2, 0.25) is 0 Å². The first-order valence-electron chi connectivity index (χ1n) is 13.3. The third-order valence-corrected chi connectivity index (χ3v) is 7.36. The molecule has 1 N–H and O–H groups in total. The maximum Gasteiger partial charge on any atom is 0.340 e. The van der Waals surface area contributed by atoms with E-state index in [-0.39, 0.29) is 23.2 Å². The van der Waals surface area contributed by atoms with Crippen molar-refractivity contribution in [3.8, 4) is 6.07 Å². The van der Waals surface area contributed by atoms with Crippen LogP contribution in [0.25, 0.3) is 0 Å². The molecule has 0 aliphatic carbocycles. The van der Waals surface area contributed by atoms with Crippen LogP contribution in [0, 0.1) is 11.3 Å². The van der Waals surface area contributed by atoms with Gasteiger partial charge in [-0.25, -0.2) is 14.3 Å². The Balaban J connectivity index is 2.23. The largest absolute Gasteiger partial charge is 0.465 e. The van der Waals surface area contributed by atoms with Gasteiger partial charge in [-0.05, 0) is 39.8 Å². The average Bonchev–Trinajstić information content (AvgIpc) is 2.93. The van der Waals surface area contributed by atoms with Gasteiger partial charge in [0.2, 0.25) is 0 Å². The Morgan fingerprint density at radius 2 is 1.40 bits per heavy atom. The number of nitrogens with zero attached hydrogens (tertiary/aromatic N) is 2. The van der Waals surface area contributed by atoms with Crippen LogP contribution in [0.15, 0.2) is 18.2 Å². The summed E-state index contributed by atoms with van der Waals surface area (Å²) in [4.78, 5) is 24.2. The molecule has 0 aliphatic rings. The maximum absolute atomic E-state index is 12.2. The molecule has 0 aliphatic heterocycles. The van der Waals surface area contributed by atoms with Gasteiger partial charge in [0.1, 0.15) is 0 Å². The first-order valence-corrected chi connectivity index (χ1v) is 14.4. The van der Waals surface area contributed by atoms with Crippen molar-refractivity contribution in [2.45, 2.75) is 46.2 Å². The van der Waals surface area contributed by atoms with Crippen molar-refractivity contribution >= 4 is 26.2 Å². The average molecular weight is 586 g/mol. The number of hydrogen-bond acceptors (Lipinski definition) is 12. The number of anilines is 1. The summed E-state index contributed by atoms with van der Waals surface area (Å²) < 4.78 is 40.2. The van der Waals surface area contributed by atoms with Crippen molar-refractivity contribution in [3.63, 3.8) is 0 Å². The fraction of sp³-hybridized carbons (Fsp3) is 0.667. The highest BCUT2D eigenvalue weighted by molar-refractivity contribution is 7.44. The smallest absolute Gasteiger partial charge is 0.340 e. The van der Waals surface area contributed by atoms with Crippen molar-refractivity contribution < 1.29 is 42.3 Å². The van der Waals surface area contributed by atoms with Crippen molar-refractivity contribution in [1.29, 1.82) is 5.26 Å². The summed E-state index contributed by atoms with van der Waals surface area (Å²) in [5.74, 6) is -1.26. The third kappa shape index (κ3) is 13.3. The maximum atomic E-state index is 12.2. The summed E-state index contributed by atoms with van der Waals surface area (Å²) in [6.07, 6.45) is 0.321. The summed E-state index contributed by atoms with van der Waals surface area (Å²) in [6, 6.07) is 7.42. The Morgan fingerprint density at radius 1 is 0.850 bits per heavy atom. The number of benzene rings is 1. The number of esters is 2. The van der Waals surface area contributed by atoms with Gasteiger partial charge in [-0.15, -0.1) is 0 Å². The fourth-order valence-corrected chi connectivity index (χ4v) is 5.16. The molecule has 0 saturated carbocycles. The lowest BCUT2D eigenvalue weighted by Gasteiger charge is -2.35. The number of nitriles is 1. The summed E-state index contributed by atoms with van der Waals surface area (Å²) in [6.45, 7) is 11.9. The van der Waals surface area contributed by atoms with Gasteiger partial charge in [0, 0.05) is 24.3 Å². The van der Waals surface area contributed by atoms with E-state index in [4.69, 9.17) is 38.0 Å². The van der Waals surface area contributed by atoms with Crippen molar-refractivity contribution in [2.24, 2.45) is 0 Å². The van der Waals surface area contributed by atoms with Crippen LogP contribution in [0.3, 0.4) is 0 Å². The molecule has 1 aromatic carbocycles. The Kier molecular flexibility index (Phi) is 19.1. The van der Waals surface area contributed by atoms with E-state index in [2.05, 4.69) is 43.8 Å². The molecule has 1 rings (SSSR count). The van der Waals surface area contributed by atoms with Gasteiger partial charge in [-0.3, -0.25) is 0 Å². The van der Waals surface area contributed by atoms with Gasteiger partial charge in [0.25, 0.3) is 8.53 Å². The molecule has 1 unspecified atom stereocenters. The minimum Gasteiger partial charge on any atom is -0.465 e. The zero-order chi connectivity index (χ0) is 29.8. The van der Waals surface area contributed by atoms with E-state index in [1.165, 1.54) is 20.3 Å². The minimum atomic E-state index is -1.27. The molecule has 0 amide bonds. The molecule has 0 spiro atoms. The normalized spacial score (nSPS) is 12.0. The number of hydrogen-bond donors (Lipinski definition) is 1. The van der Waals surface area contributed by atoms with E-state index >= 15 is 0 Å². The topological polar surface area (TPSA) is 138 Å². The highest BCUT2D eigenvalue weighted by Crippen LogP contribution is 2.45. The van der Waals surface area contributed by atoms with E-state index in [1.807, 2.05) is 0 Å². The quantitative estimate of drug-likeness (QED) is 0.120. The van der Waals surface area contributed by atoms with Crippen LogP contribution in [0.1, 0.15) is 54.8 Å². The van der Waals surface area contributed by atoms with Crippen molar-refractivity contribution in [1.82, 2.24) is 4.67 Å². The first kappa shape index (κ1) is 35.7. The van der Waals surface area contributed by atoms with E-state index in [1.54, 1.807) is 12.1 Å². The van der Waals surface area contributed by atoms with E-state index in [9.17, 15) is 9.59 Å². The van der Waals surface area contributed by atoms with Gasteiger partial charge in [0.15, 0.2) is 0 Å². The predicted octanol–water partition coefficient (Wildman–Crippen LogP) is 4.01. The van der Waals surface area contributed by atoms with Gasteiger partial charge < -0.3 is 38.0 Å². The molecular formula is C27H44N3O9P. The fourth-order valence-electron chi connectivity index (χ4n) is 3.59. The zero-order valence-corrected chi connectivity index (χ0v) is 25.4. The molecule has 226 valence electrons. The SMILES string of the molecule is COC(=O)c1cccc(NCCOCCOCCOCCOP(OCCC#N)N(C(C)C)C(C)C)c1C(=O)OC. The van der Waals surface area contributed by atoms with Crippen LogP contribution in [-0.4, -0.2) is 102 Å². The van der Waals surface area contributed by atoms with Crippen LogP contribution >= 0.6 is 8.53 Å². The van der Waals surface area contributed by atoms with Crippen molar-refractivity contribution in [2.75, 3.05) is 78.9 Å². The molecule has 0 bridgehead atoms. The molecule has 0 aromatic heterocycles. The Hall–Kier alpha value is -2.36. The van der Waals surface area contributed by atoms with Crippen molar-refractivity contribution in [3.05, 3.63) is 29.3 Å². The second kappa shape index (κ2) is 21.4. The zero-order valence-electron chi connectivity index (χ0n) is 24.5. The second-order valence-electron chi connectivity index (χ2n) is 8.86. The van der Waals surface area contributed by atoms with Gasteiger partial charge >= 0.3 is 11.9 Å². The second-order valence-corrected chi connectivity index (χ2v) is 10.3. The Morgan fingerprint density at radius 3 is 1.95 bits per heavy atom. The lowest BCUT2D eigenvalue weighted by molar-refractivity contribution is 0.00969. The summed E-state index contributed by atoms with van der Waals surface area (Å²) in [5.41, 5.74) is 0.698. The molecule has 0 saturated heterocycles. The Labute approximate surface area is 239 Å². The van der Waals surface area contributed by atoms with E-state index < -0.39 is 20.5 Å². The molecule has 12 nitrogen and oxygen atoms in total. The number of ether oxygens (including phenoxy) is 5. The number of rotatable bonds is 22. The predicted molar refractivity (Wildman–Crippen MR) is 151 cm³/mol. The summed E-state index contributed by atoms with van der Waals surface area (Å²) in [7, 11) is 1.23. The molecule has 13 heteroatoms. The van der Waals surface area contributed by atoms with E-state index in [0.29, 0.717) is 71.5 Å². The number of carbonyl (C=O) groups excluding carboxylic acids is 2. The number of methoxy groups -OCH3 is 2. The molecule has 40 heavy (non-hydrogen) atoms. The summed E-state index contributed by atoms with van der Waals surface area (Å²) >= 11 is 0. The molecule has 1 aromatic rings. The monoisotopic (exact) mass is 585 g/mol. The van der Waals surface area contributed by atoms with Crippen LogP contribution < -0.4 is 5.32 Å². The minimum absolute atomic E-state index is 0.117. The molecule has 1 atom stereocenters. The molecule has 0 radical (unpaired) electrons. The van der Waals surface area contributed by atoms with Crippen LogP contribution in [0.5, 0.6) is 0 Å². The lowest BCUT2D eigenvalue weighted by atomic mass is 10.1. The number of carbonyl (C=O) groups is 2. The van der Waals surface area contributed by atoms with E-state index in [0.717, 1.165) is 0 Å². The number of nitrogens with one attached hydrogen (secondary N) is 1. The highest BCUT2D eigenvalue weighted by atomic mass is 31.2. The molecular weight excluding hydrogens is 541 g/mol. The van der Waals surface area contributed by atoms with Crippen LogP contribution in [0.4, 0.5) is 5.69 Å². The molecule has 0 heterocycles. The molecule has 0 fully saturated rings. The van der Waals surface area contributed by atoms with Gasteiger partial charge in [-0.1, -0.05) is 6.07 Å².